The van der Waals surface area contributed by atoms with Crippen LogP contribution in [0.15, 0.2) is 18.2 Å². The zero-order chi connectivity index (χ0) is 20.3. The highest BCUT2D eigenvalue weighted by Crippen LogP contribution is 2.26. The standard InChI is InChI=1S/C19H23Cl2N3O4/c1-13(9-17(25)28-19(27)24-3-2-4-24)18(26)23-7-5-22(6-8-23)16-11-14(20)10-15(21)12-16/h10-13H,2-9H2,1H3. The Kier molecular flexibility index (Phi) is 6.67. The van der Waals surface area contributed by atoms with Crippen LogP contribution >= 0.6 is 23.2 Å². The van der Waals surface area contributed by atoms with Gasteiger partial charge in [-0.2, -0.15) is 0 Å². The van der Waals surface area contributed by atoms with Crippen molar-refractivity contribution in [2.75, 3.05) is 44.2 Å². The first kappa shape index (κ1) is 20.7. The first-order valence-corrected chi connectivity index (χ1v) is 10.1. The van der Waals surface area contributed by atoms with Gasteiger partial charge >= 0.3 is 12.1 Å². The van der Waals surface area contributed by atoms with Gasteiger partial charge in [0.25, 0.3) is 0 Å². The van der Waals surface area contributed by atoms with Gasteiger partial charge in [-0.15, -0.1) is 0 Å². The number of piperazine rings is 1. The lowest BCUT2D eigenvalue weighted by molar-refractivity contribution is -0.145. The van der Waals surface area contributed by atoms with E-state index < -0.39 is 18.0 Å². The summed E-state index contributed by atoms with van der Waals surface area (Å²) in [6.45, 7) is 5.27. The summed E-state index contributed by atoms with van der Waals surface area (Å²) in [7, 11) is 0. The first-order valence-electron chi connectivity index (χ1n) is 9.33. The minimum atomic E-state index is -0.662. The summed E-state index contributed by atoms with van der Waals surface area (Å²) in [5.74, 6) is -1.31. The van der Waals surface area contributed by atoms with Gasteiger partial charge in [0.05, 0.1) is 6.42 Å². The van der Waals surface area contributed by atoms with Gasteiger partial charge in [-0.05, 0) is 24.6 Å². The van der Waals surface area contributed by atoms with Crippen LogP contribution in [0.25, 0.3) is 0 Å². The summed E-state index contributed by atoms with van der Waals surface area (Å²) < 4.78 is 4.80. The summed E-state index contributed by atoms with van der Waals surface area (Å²) in [6, 6.07) is 5.37. The van der Waals surface area contributed by atoms with E-state index in [2.05, 4.69) is 4.90 Å². The molecule has 2 saturated heterocycles. The molecule has 0 aromatic heterocycles. The molecular weight excluding hydrogens is 405 g/mol. The van der Waals surface area contributed by atoms with E-state index in [1.54, 1.807) is 17.9 Å². The first-order chi connectivity index (χ1) is 13.3. The second kappa shape index (κ2) is 9.01. The molecule has 0 aliphatic carbocycles. The lowest BCUT2D eigenvalue weighted by Gasteiger charge is -2.37. The highest BCUT2D eigenvalue weighted by Gasteiger charge is 2.29. The molecule has 3 rings (SSSR count). The van der Waals surface area contributed by atoms with Gasteiger partial charge in [-0.25, -0.2) is 4.79 Å². The van der Waals surface area contributed by atoms with Crippen LogP contribution in [-0.2, 0) is 14.3 Å². The van der Waals surface area contributed by atoms with Crippen molar-refractivity contribution in [3.63, 3.8) is 0 Å². The Bertz CT molecular complexity index is 741. The molecule has 7 nitrogen and oxygen atoms in total. The van der Waals surface area contributed by atoms with Crippen LogP contribution in [0, 0.1) is 5.92 Å². The van der Waals surface area contributed by atoms with E-state index in [0.29, 0.717) is 49.3 Å². The quantitative estimate of drug-likeness (QED) is 0.545. The van der Waals surface area contributed by atoms with Crippen LogP contribution in [0.3, 0.4) is 0 Å². The van der Waals surface area contributed by atoms with Crippen molar-refractivity contribution in [1.82, 2.24) is 9.80 Å². The molecule has 0 N–H and O–H groups in total. The predicted octanol–water partition coefficient (Wildman–Crippen LogP) is 3.04. The van der Waals surface area contributed by atoms with Crippen LogP contribution in [0.2, 0.25) is 10.0 Å². The molecule has 28 heavy (non-hydrogen) atoms. The molecule has 0 bridgehead atoms. The Hall–Kier alpha value is -1.99. The van der Waals surface area contributed by atoms with Crippen LogP contribution in [-0.4, -0.2) is 67.0 Å². The SMILES string of the molecule is CC(CC(=O)OC(=O)N1CCC1)C(=O)N1CCN(c2cc(Cl)cc(Cl)c2)CC1. The van der Waals surface area contributed by atoms with Gasteiger partial charge in [0.1, 0.15) is 0 Å². The molecule has 1 unspecified atom stereocenters. The summed E-state index contributed by atoms with van der Waals surface area (Å²) >= 11 is 12.1. The number of carbonyl (C=O) groups excluding carboxylic acids is 3. The number of hydrogen-bond acceptors (Lipinski definition) is 5. The maximum absolute atomic E-state index is 12.6. The molecule has 2 aliphatic heterocycles. The van der Waals surface area contributed by atoms with Crippen molar-refractivity contribution >= 4 is 46.9 Å². The Morgan fingerprint density at radius 3 is 2.11 bits per heavy atom. The van der Waals surface area contributed by atoms with Crippen molar-refractivity contribution in [2.24, 2.45) is 5.92 Å². The number of carbonyl (C=O) groups is 3. The van der Waals surface area contributed by atoms with Gasteiger partial charge in [0, 0.05) is 60.9 Å². The number of amides is 2. The number of rotatable bonds is 4. The molecule has 1 aromatic carbocycles. The molecule has 0 radical (unpaired) electrons. The van der Waals surface area contributed by atoms with Crippen LogP contribution < -0.4 is 4.90 Å². The summed E-state index contributed by atoms with van der Waals surface area (Å²) in [5.41, 5.74) is 0.922. The predicted molar refractivity (Wildman–Crippen MR) is 107 cm³/mol. The average Bonchev–Trinajstić information content (AvgIpc) is 2.58. The zero-order valence-corrected chi connectivity index (χ0v) is 17.2. The number of likely N-dealkylation sites (tertiary alicyclic amines) is 1. The second-order valence-corrected chi connectivity index (χ2v) is 8.00. The van der Waals surface area contributed by atoms with Gasteiger partial charge in [0.2, 0.25) is 5.91 Å². The summed E-state index contributed by atoms with van der Waals surface area (Å²) in [5, 5.41) is 1.14. The van der Waals surface area contributed by atoms with E-state index in [9.17, 15) is 14.4 Å². The monoisotopic (exact) mass is 427 g/mol. The molecule has 9 heteroatoms. The molecule has 2 heterocycles. The maximum atomic E-state index is 12.6. The largest absolute Gasteiger partial charge is 0.417 e. The number of nitrogens with zero attached hydrogens (tertiary/aromatic N) is 3. The van der Waals surface area contributed by atoms with Crippen LogP contribution in [0.4, 0.5) is 10.5 Å². The summed E-state index contributed by atoms with van der Waals surface area (Å²) in [6.07, 6.45) is 0.193. The number of ether oxygens (including phenoxy) is 1. The van der Waals surface area contributed by atoms with Gasteiger partial charge in [-0.3, -0.25) is 9.59 Å². The maximum Gasteiger partial charge on any atom is 0.417 e. The molecule has 2 aliphatic rings. The van der Waals surface area contributed by atoms with Crippen LogP contribution in [0.5, 0.6) is 0 Å². The topological polar surface area (TPSA) is 70.2 Å². The number of anilines is 1. The fourth-order valence-corrected chi connectivity index (χ4v) is 3.77. The van der Waals surface area contributed by atoms with Crippen molar-refractivity contribution in [3.8, 4) is 0 Å². The number of halogens is 2. The molecule has 152 valence electrons. The van der Waals surface area contributed by atoms with E-state index in [4.69, 9.17) is 27.9 Å². The van der Waals surface area contributed by atoms with Gasteiger partial charge < -0.3 is 19.4 Å². The lowest BCUT2D eigenvalue weighted by atomic mass is 10.1. The minimum Gasteiger partial charge on any atom is -0.376 e. The highest BCUT2D eigenvalue weighted by molar-refractivity contribution is 6.35. The Morgan fingerprint density at radius 2 is 1.57 bits per heavy atom. The Labute approximate surface area is 174 Å². The van der Waals surface area contributed by atoms with Crippen molar-refractivity contribution in [1.29, 1.82) is 0 Å². The fourth-order valence-electron chi connectivity index (χ4n) is 3.26. The molecule has 0 saturated carbocycles. The Balaban J connectivity index is 1.47. The van der Waals surface area contributed by atoms with Crippen molar-refractivity contribution < 1.29 is 19.1 Å². The smallest absolute Gasteiger partial charge is 0.376 e. The second-order valence-electron chi connectivity index (χ2n) is 7.13. The third-order valence-electron chi connectivity index (χ3n) is 5.01. The normalized spacial score (nSPS) is 17.8. The van der Waals surface area contributed by atoms with Gasteiger partial charge in [-0.1, -0.05) is 30.1 Å². The number of benzene rings is 1. The minimum absolute atomic E-state index is 0.109. The third kappa shape index (κ3) is 5.08. The van der Waals surface area contributed by atoms with E-state index in [1.807, 2.05) is 12.1 Å². The highest BCUT2D eigenvalue weighted by atomic mass is 35.5. The summed E-state index contributed by atoms with van der Waals surface area (Å²) in [4.78, 5) is 41.5. The van der Waals surface area contributed by atoms with E-state index in [-0.39, 0.29) is 12.3 Å². The van der Waals surface area contributed by atoms with Crippen LogP contribution in [0.1, 0.15) is 19.8 Å². The van der Waals surface area contributed by atoms with Crippen molar-refractivity contribution in [3.05, 3.63) is 28.2 Å². The third-order valence-corrected chi connectivity index (χ3v) is 5.45. The zero-order valence-electron chi connectivity index (χ0n) is 15.7. The molecule has 2 amide bonds. The molecule has 1 atom stereocenters. The molecule has 2 fully saturated rings. The van der Waals surface area contributed by atoms with E-state index >= 15 is 0 Å². The van der Waals surface area contributed by atoms with Crippen molar-refractivity contribution in [2.45, 2.75) is 19.8 Å². The molecule has 1 aromatic rings. The van der Waals surface area contributed by atoms with Gasteiger partial charge in [0.15, 0.2) is 0 Å². The fraction of sp³-hybridized carbons (Fsp3) is 0.526. The van der Waals surface area contributed by atoms with E-state index in [1.165, 1.54) is 4.90 Å². The number of esters is 1. The lowest BCUT2D eigenvalue weighted by Crippen LogP contribution is -2.50. The van der Waals surface area contributed by atoms with E-state index in [0.717, 1.165) is 12.1 Å². The molecule has 0 spiro atoms. The number of hydrogen-bond donors (Lipinski definition) is 0. The Morgan fingerprint density at radius 1 is 0.964 bits per heavy atom. The molecular formula is C19H23Cl2N3O4. The average molecular weight is 428 g/mol.